The van der Waals surface area contributed by atoms with Crippen molar-refractivity contribution < 1.29 is 22.3 Å². The van der Waals surface area contributed by atoms with Gasteiger partial charge in [0.05, 0.1) is 16.1 Å². The Morgan fingerprint density at radius 3 is 2.76 bits per heavy atom. The van der Waals surface area contributed by atoms with Crippen molar-refractivity contribution >= 4 is 26.8 Å². The zero-order valence-electron chi connectivity index (χ0n) is 13.2. The number of fused-ring (bicyclic) bond motifs is 2. The average molecular weight is 362 g/mol. The van der Waals surface area contributed by atoms with Crippen molar-refractivity contribution in [1.29, 1.82) is 0 Å². The lowest BCUT2D eigenvalue weighted by molar-refractivity contribution is 0.172. The van der Waals surface area contributed by atoms with Crippen molar-refractivity contribution in [1.82, 2.24) is 4.57 Å². The van der Waals surface area contributed by atoms with Crippen molar-refractivity contribution in [2.45, 2.75) is 4.90 Å². The van der Waals surface area contributed by atoms with Crippen LogP contribution in [0.15, 0.2) is 50.5 Å². The molecule has 130 valence electrons. The van der Waals surface area contributed by atoms with Gasteiger partial charge in [-0.15, -0.1) is 0 Å². The molecule has 0 spiro atoms. The van der Waals surface area contributed by atoms with Crippen molar-refractivity contribution in [2.75, 3.05) is 17.9 Å². The molecule has 0 atom stereocenters. The van der Waals surface area contributed by atoms with Crippen molar-refractivity contribution in [2.24, 2.45) is 7.05 Å². The van der Waals surface area contributed by atoms with Crippen molar-refractivity contribution in [3.8, 4) is 11.5 Å². The summed E-state index contributed by atoms with van der Waals surface area (Å²) in [5.41, 5.74) is 0.995. The molecule has 1 N–H and O–H groups in total. The van der Waals surface area contributed by atoms with Gasteiger partial charge in [-0.1, -0.05) is 6.07 Å². The van der Waals surface area contributed by atoms with Crippen LogP contribution in [0.1, 0.15) is 0 Å². The molecule has 1 aromatic heterocycles. The van der Waals surface area contributed by atoms with Crippen LogP contribution in [0, 0.1) is 0 Å². The Labute approximate surface area is 142 Å². The van der Waals surface area contributed by atoms with E-state index in [-0.39, 0.29) is 16.2 Å². The molecule has 9 heteroatoms. The Morgan fingerprint density at radius 1 is 1.12 bits per heavy atom. The van der Waals surface area contributed by atoms with Gasteiger partial charge in [0, 0.05) is 13.1 Å². The Bertz CT molecular complexity index is 1130. The zero-order chi connectivity index (χ0) is 17.6. The molecule has 2 aromatic carbocycles. The number of nitrogens with one attached hydrogen (secondary N) is 1. The molecule has 0 aliphatic carbocycles. The van der Waals surface area contributed by atoms with E-state index < -0.39 is 15.8 Å². The SMILES string of the molecule is Cn1c(=O)oc2cc(S(=O)(=O)Nc3cccc4c3OCCO4)ccc21. The molecule has 1 aliphatic rings. The Kier molecular flexibility index (Phi) is 3.46. The summed E-state index contributed by atoms with van der Waals surface area (Å²) < 4.78 is 45.2. The number of benzene rings is 2. The first-order valence-electron chi connectivity index (χ1n) is 7.47. The molecule has 0 saturated heterocycles. The molecule has 0 radical (unpaired) electrons. The van der Waals surface area contributed by atoms with E-state index >= 15 is 0 Å². The van der Waals surface area contributed by atoms with Crippen molar-refractivity contribution in [3.63, 3.8) is 0 Å². The topological polar surface area (TPSA) is 99.8 Å². The summed E-state index contributed by atoms with van der Waals surface area (Å²) in [5.74, 6) is 0.279. The number of para-hydroxylation sites is 1. The van der Waals surface area contributed by atoms with Crippen LogP contribution in [-0.4, -0.2) is 26.2 Å². The van der Waals surface area contributed by atoms with Crippen LogP contribution < -0.4 is 20.0 Å². The minimum atomic E-state index is -3.90. The maximum absolute atomic E-state index is 12.7. The molecule has 0 amide bonds. The molecule has 3 aromatic rings. The Hall–Kier alpha value is -2.94. The third kappa shape index (κ3) is 2.62. The number of rotatable bonds is 3. The molecule has 4 rings (SSSR count). The molecule has 0 unspecified atom stereocenters. The van der Waals surface area contributed by atoms with Crippen LogP contribution in [-0.2, 0) is 17.1 Å². The van der Waals surface area contributed by atoms with Gasteiger partial charge < -0.3 is 13.9 Å². The summed E-state index contributed by atoms with van der Waals surface area (Å²) in [5, 5.41) is 0. The summed E-state index contributed by atoms with van der Waals surface area (Å²) in [6, 6.07) is 9.21. The molecule has 1 aliphatic heterocycles. The molecule has 8 nitrogen and oxygen atoms in total. The lowest BCUT2D eigenvalue weighted by atomic mass is 10.2. The van der Waals surface area contributed by atoms with Gasteiger partial charge in [-0.3, -0.25) is 9.29 Å². The van der Waals surface area contributed by atoms with E-state index in [4.69, 9.17) is 13.9 Å². The normalized spacial score (nSPS) is 13.8. The van der Waals surface area contributed by atoms with Gasteiger partial charge in [0.25, 0.3) is 10.0 Å². The van der Waals surface area contributed by atoms with Crippen LogP contribution in [0.25, 0.3) is 11.1 Å². The number of anilines is 1. The first-order chi connectivity index (χ1) is 12.0. The molecule has 25 heavy (non-hydrogen) atoms. The van der Waals surface area contributed by atoms with E-state index in [1.165, 1.54) is 22.8 Å². The molecular formula is C16H14N2O6S. The fraction of sp³-hybridized carbons (Fsp3) is 0.188. The first-order valence-corrected chi connectivity index (χ1v) is 8.95. The van der Waals surface area contributed by atoms with Gasteiger partial charge in [-0.2, -0.15) is 0 Å². The fourth-order valence-electron chi connectivity index (χ4n) is 2.64. The number of hydrogen-bond donors (Lipinski definition) is 1. The minimum Gasteiger partial charge on any atom is -0.486 e. The lowest BCUT2D eigenvalue weighted by Crippen LogP contribution is -2.19. The minimum absolute atomic E-state index is 0.0244. The number of aromatic nitrogens is 1. The first kappa shape index (κ1) is 15.6. The highest BCUT2D eigenvalue weighted by Gasteiger charge is 2.22. The third-order valence-electron chi connectivity index (χ3n) is 3.88. The second-order valence-corrected chi connectivity index (χ2v) is 7.17. The number of ether oxygens (including phenoxy) is 2. The smallest absolute Gasteiger partial charge is 0.419 e. The van der Waals surface area contributed by atoms with E-state index in [0.29, 0.717) is 30.2 Å². The molecule has 2 heterocycles. The predicted molar refractivity (Wildman–Crippen MR) is 89.7 cm³/mol. The van der Waals surface area contributed by atoms with Crippen LogP contribution in [0.2, 0.25) is 0 Å². The maximum atomic E-state index is 12.7. The fourth-order valence-corrected chi connectivity index (χ4v) is 3.72. The summed E-state index contributed by atoms with van der Waals surface area (Å²) in [6.45, 7) is 0.750. The van der Waals surface area contributed by atoms with Crippen LogP contribution in [0.4, 0.5) is 5.69 Å². The highest BCUT2D eigenvalue weighted by atomic mass is 32.2. The number of hydrogen-bond acceptors (Lipinski definition) is 6. The molecular weight excluding hydrogens is 348 g/mol. The maximum Gasteiger partial charge on any atom is 0.419 e. The highest BCUT2D eigenvalue weighted by molar-refractivity contribution is 7.92. The van der Waals surface area contributed by atoms with E-state index in [1.807, 2.05) is 0 Å². The average Bonchev–Trinajstić information content (AvgIpc) is 2.89. The van der Waals surface area contributed by atoms with E-state index in [2.05, 4.69) is 4.72 Å². The van der Waals surface area contributed by atoms with Gasteiger partial charge >= 0.3 is 5.76 Å². The lowest BCUT2D eigenvalue weighted by Gasteiger charge is -2.21. The summed E-state index contributed by atoms with van der Waals surface area (Å²) in [7, 11) is -2.35. The van der Waals surface area contributed by atoms with Gasteiger partial charge in [0.1, 0.15) is 13.2 Å². The van der Waals surface area contributed by atoms with E-state index in [0.717, 1.165) is 0 Å². The second-order valence-electron chi connectivity index (χ2n) is 5.49. The van der Waals surface area contributed by atoms with Gasteiger partial charge in [-0.05, 0) is 24.3 Å². The predicted octanol–water partition coefficient (Wildman–Crippen LogP) is 1.70. The number of sulfonamides is 1. The summed E-state index contributed by atoms with van der Waals surface area (Å²) in [6.07, 6.45) is 0. The second kappa shape index (κ2) is 5.55. The van der Waals surface area contributed by atoms with Crippen LogP contribution in [0.3, 0.4) is 0 Å². The largest absolute Gasteiger partial charge is 0.486 e. The highest BCUT2D eigenvalue weighted by Crippen LogP contribution is 2.38. The molecule has 0 saturated carbocycles. The van der Waals surface area contributed by atoms with Gasteiger partial charge in [-0.25, -0.2) is 13.2 Å². The number of oxazole rings is 1. The summed E-state index contributed by atoms with van der Waals surface area (Å²) in [4.78, 5) is 11.5. The quantitative estimate of drug-likeness (QED) is 0.761. The Morgan fingerprint density at radius 2 is 1.92 bits per heavy atom. The number of aryl methyl sites for hydroxylation is 1. The molecule has 0 bridgehead atoms. The molecule has 0 fully saturated rings. The van der Waals surface area contributed by atoms with Gasteiger partial charge in [0.15, 0.2) is 17.1 Å². The monoisotopic (exact) mass is 362 g/mol. The standard InChI is InChI=1S/C16H14N2O6S/c1-18-12-6-5-10(9-14(12)24-16(18)19)25(20,21)17-11-3-2-4-13-15(11)23-8-7-22-13/h2-6,9,17H,7-8H2,1H3. The van der Waals surface area contributed by atoms with Crippen LogP contribution in [0.5, 0.6) is 11.5 Å². The number of nitrogens with zero attached hydrogens (tertiary/aromatic N) is 1. The van der Waals surface area contributed by atoms with Gasteiger partial charge in [0.2, 0.25) is 0 Å². The van der Waals surface area contributed by atoms with E-state index in [9.17, 15) is 13.2 Å². The third-order valence-corrected chi connectivity index (χ3v) is 5.25. The van der Waals surface area contributed by atoms with E-state index in [1.54, 1.807) is 25.2 Å². The van der Waals surface area contributed by atoms with Crippen molar-refractivity contribution in [3.05, 3.63) is 46.9 Å². The summed E-state index contributed by atoms with van der Waals surface area (Å²) >= 11 is 0. The Balaban J connectivity index is 1.74. The zero-order valence-corrected chi connectivity index (χ0v) is 14.0. The van der Waals surface area contributed by atoms with Crippen LogP contribution >= 0.6 is 0 Å².